The highest BCUT2D eigenvalue weighted by atomic mass is 35.5. The van der Waals surface area contributed by atoms with E-state index in [1.54, 1.807) is 10.9 Å². The number of aryl methyl sites for hydroxylation is 1. The van der Waals surface area contributed by atoms with Gasteiger partial charge in [-0.2, -0.15) is 23.4 Å². The summed E-state index contributed by atoms with van der Waals surface area (Å²) in [6, 6.07) is 1.02. The van der Waals surface area contributed by atoms with Gasteiger partial charge < -0.3 is 4.90 Å². The van der Waals surface area contributed by atoms with Crippen molar-refractivity contribution in [1.82, 2.24) is 29.3 Å². The van der Waals surface area contributed by atoms with Crippen LogP contribution in [0.2, 0.25) is 5.02 Å². The molecule has 0 unspecified atom stereocenters. The smallest absolute Gasteiger partial charge is 0.336 e. The van der Waals surface area contributed by atoms with E-state index in [-0.39, 0.29) is 23.7 Å². The fraction of sp³-hybridized carbons (Fsp3) is 0.444. The van der Waals surface area contributed by atoms with Gasteiger partial charge in [0.1, 0.15) is 17.0 Å². The largest absolute Gasteiger partial charge is 0.433 e. The van der Waals surface area contributed by atoms with Gasteiger partial charge in [-0.3, -0.25) is 9.48 Å². The number of hydrogen-bond acceptors (Lipinski definition) is 4. The first-order valence-electron chi connectivity index (χ1n) is 9.12. The van der Waals surface area contributed by atoms with Gasteiger partial charge in [-0.1, -0.05) is 11.6 Å². The van der Waals surface area contributed by atoms with Gasteiger partial charge in [0.15, 0.2) is 5.65 Å². The van der Waals surface area contributed by atoms with Crippen LogP contribution >= 0.6 is 11.6 Å². The van der Waals surface area contributed by atoms with Crippen LogP contribution in [0.3, 0.4) is 0 Å². The normalized spacial score (nSPS) is 14.6. The van der Waals surface area contributed by atoms with Gasteiger partial charge in [0.25, 0.3) is 5.91 Å². The third-order valence-electron chi connectivity index (χ3n) is 4.85. The van der Waals surface area contributed by atoms with Crippen LogP contribution in [0.1, 0.15) is 53.1 Å². The van der Waals surface area contributed by atoms with Gasteiger partial charge in [-0.25, -0.2) is 9.50 Å². The van der Waals surface area contributed by atoms with E-state index in [4.69, 9.17) is 11.6 Å². The van der Waals surface area contributed by atoms with E-state index in [9.17, 15) is 18.0 Å². The summed E-state index contributed by atoms with van der Waals surface area (Å²) < 4.78 is 42.9. The maximum absolute atomic E-state index is 13.5. The second-order valence-electron chi connectivity index (χ2n) is 7.07. The summed E-state index contributed by atoms with van der Waals surface area (Å²) in [6.07, 6.45) is -0.251. The molecule has 0 aromatic carbocycles. The molecular formula is C18H18ClF3N6O. The van der Waals surface area contributed by atoms with Gasteiger partial charge >= 0.3 is 6.18 Å². The molecule has 4 rings (SSSR count). The Kier molecular flexibility index (Phi) is 4.76. The Labute approximate surface area is 169 Å². The van der Waals surface area contributed by atoms with E-state index in [1.165, 1.54) is 11.9 Å². The lowest BCUT2D eigenvalue weighted by molar-refractivity contribution is -0.142. The van der Waals surface area contributed by atoms with Crippen LogP contribution in [0.4, 0.5) is 13.2 Å². The van der Waals surface area contributed by atoms with Crippen molar-refractivity contribution in [3.8, 4) is 0 Å². The monoisotopic (exact) mass is 426 g/mol. The predicted octanol–water partition coefficient (Wildman–Crippen LogP) is 3.77. The summed E-state index contributed by atoms with van der Waals surface area (Å²) in [5.74, 6) is -0.510. The maximum atomic E-state index is 13.5. The Bertz CT molecular complexity index is 1090. The summed E-state index contributed by atoms with van der Waals surface area (Å²) in [5, 5.41) is 8.50. The topological polar surface area (TPSA) is 68.3 Å². The van der Waals surface area contributed by atoms with Crippen molar-refractivity contribution >= 4 is 23.2 Å². The minimum Gasteiger partial charge on any atom is -0.336 e. The first-order chi connectivity index (χ1) is 13.7. The summed E-state index contributed by atoms with van der Waals surface area (Å²) in [7, 11) is 1.53. The molecule has 3 aromatic rings. The number of halogens is 4. The van der Waals surface area contributed by atoms with Gasteiger partial charge in [0, 0.05) is 31.4 Å². The highest BCUT2D eigenvalue weighted by molar-refractivity contribution is 6.31. The molecule has 29 heavy (non-hydrogen) atoms. The molecule has 0 radical (unpaired) electrons. The van der Waals surface area contributed by atoms with Crippen LogP contribution in [0.5, 0.6) is 0 Å². The highest BCUT2D eigenvalue weighted by Crippen LogP contribution is 2.41. The number of hydrogen-bond donors (Lipinski definition) is 0. The van der Waals surface area contributed by atoms with Crippen molar-refractivity contribution in [2.45, 2.75) is 44.9 Å². The molecule has 0 bridgehead atoms. The van der Waals surface area contributed by atoms with Gasteiger partial charge in [0.05, 0.1) is 17.8 Å². The number of alkyl halides is 3. The van der Waals surface area contributed by atoms with E-state index in [1.807, 2.05) is 6.92 Å². The molecule has 1 amide bonds. The zero-order valence-electron chi connectivity index (χ0n) is 15.7. The van der Waals surface area contributed by atoms with Crippen molar-refractivity contribution in [3.63, 3.8) is 0 Å². The Hall–Kier alpha value is -2.62. The lowest BCUT2D eigenvalue weighted by Gasteiger charge is -2.16. The molecule has 3 aromatic heterocycles. The third kappa shape index (κ3) is 3.68. The minimum absolute atomic E-state index is 0.00602. The van der Waals surface area contributed by atoms with E-state index >= 15 is 0 Å². The SMILES string of the molecule is CCn1cc(Cl)c(CN(C)C(=O)c2cnn3c(C(F)(F)F)cc(C4CC4)nc23)n1. The zero-order valence-corrected chi connectivity index (χ0v) is 16.5. The molecule has 0 spiro atoms. The van der Waals surface area contributed by atoms with Gasteiger partial charge in [-0.05, 0) is 25.8 Å². The standard InChI is InChI=1S/C18H18ClF3N6O/c1-3-27-8-12(19)14(25-27)9-26(2)17(29)11-7-23-28-15(18(20,21)22)6-13(10-4-5-10)24-16(11)28/h6-8,10H,3-5,9H2,1-2H3. The van der Waals surface area contributed by atoms with E-state index in [2.05, 4.69) is 15.2 Å². The molecule has 0 N–H and O–H groups in total. The van der Waals surface area contributed by atoms with Crippen LogP contribution in [0.25, 0.3) is 5.65 Å². The second-order valence-corrected chi connectivity index (χ2v) is 7.48. The number of rotatable bonds is 5. The molecular weight excluding hydrogens is 409 g/mol. The lowest BCUT2D eigenvalue weighted by Crippen LogP contribution is -2.27. The Balaban J connectivity index is 1.70. The van der Waals surface area contributed by atoms with Crippen LogP contribution in [0, 0.1) is 0 Å². The molecule has 7 nitrogen and oxygen atoms in total. The molecule has 154 valence electrons. The minimum atomic E-state index is -4.61. The number of amides is 1. The number of fused-ring (bicyclic) bond motifs is 1. The van der Waals surface area contributed by atoms with Crippen LogP contribution in [0.15, 0.2) is 18.5 Å². The average molecular weight is 427 g/mol. The Morgan fingerprint density at radius 1 is 1.38 bits per heavy atom. The van der Waals surface area contributed by atoms with Crippen LogP contribution in [-0.2, 0) is 19.3 Å². The summed E-state index contributed by atoms with van der Waals surface area (Å²) in [6.45, 7) is 2.64. The molecule has 11 heteroatoms. The number of aromatic nitrogens is 5. The maximum Gasteiger partial charge on any atom is 0.433 e. The van der Waals surface area contributed by atoms with Crippen molar-refractivity contribution in [2.75, 3.05) is 7.05 Å². The van der Waals surface area contributed by atoms with Gasteiger partial charge in [0.2, 0.25) is 0 Å². The lowest BCUT2D eigenvalue weighted by atomic mass is 10.2. The van der Waals surface area contributed by atoms with Crippen LogP contribution in [-0.4, -0.2) is 42.2 Å². The van der Waals surface area contributed by atoms with E-state index < -0.39 is 17.8 Å². The fourth-order valence-electron chi connectivity index (χ4n) is 3.13. The van der Waals surface area contributed by atoms with E-state index in [0.29, 0.717) is 27.5 Å². The Morgan fingerprint density at radius 3 is 2.69 bits per heavy atom. The van der Waals surface area contributed by atoms with Crippen molar-refractivity contribution in [1.29, 1.82) is 0 Å². The molecule has 0 saturated heterocycles. The molecule has 0 atom stereocenters. The highest BCUT2D eigenvalue weighted by Gasteiger charge is 2.38. The van der Waals surface area contributed by atoms with E-state index in [0.717, 1.165) is 25.1 Å². The van der Waals surface area contributed by atoms with Crippen LogP contribution < -0.4 is 0 Å². The third-order valence-corrected chi connectivity index (χ3v) is 5.17. The average Bonchev–Trinajstić information content (AvgIpc) is 3.34. The van der Waals surface area contributed by atoms with Crippen molar-refractivity contribution < 1.29 is 18.0 Å². The molecule has 1 aliphatic carbocycles. The summed E-state index contributed by atoms with van der Waals surface area (Å²) in [5.41, 5.74) is -0.179. The van der Waals surface area contributed by atoms with Gasteiger partial charge in [-0.15, -0.1) is 0 Å². The number of carbonyl (C=O) groups excluding carboxylic acids is 1. The quantitative estimate of drug-likeness (QED) is 0.623. The molecule has 1 fully saturated rings. The molecule has 0 aliphatic heterocycles. The van der Waals surface area contributed by atoms with Crippen molar-refractivity contribution in [3.05, 3.63) is 46.1 Å². The predicted molar refractivity (Wildman–Crippen MR) is 98.7 cm³/mol. The number of nitrogens with zero attached hydrogens (tertiary/aromatic N) is 6. The molecule has 3 heterocycles. The fourth-order valence-corrected chi connectivity index (χ4v) is 3.34. The zero-order chi connectivity index (χ0) is 20.9. The van der Waals surface area contributed by atoms with Crippen molar-refractivity contribution in [2.24, 2.45) is 0 Å². The first-order valence-corrected chi connectivity index (χ1v) is 9.50. The molecule has 1 saturated carbocycles. The summed E-state index contributed by atoms with van der Waals surface area (Å²) in [4.78, 5) is 18.6. The molecule has 1 aliphatic rings. The summed E-state index contributed by atoms with van der Waals surface area (Å²) >= 11 is 6.15. The number of carbonyl (C=O) groups is 1. The second kappa shape index (κ2) is 7.01. The Morgan fingerprint density at radius 2 is 2.10 bits per heavy atom. The first kappa shape index (κ1) is 19.7.